The molecular formula is C39H37N5O9. The summed E-state index contributed by atoms with van der Waals surface area (Å²) in [6, 6.07) is 24.6. The van der Waals surface area contributed by atoms with Crippen LogP contribution >= 0.6 is 0 Å². The monoisotopic (exact) mass is 719 g/mol. The minimum absolute atomic E-state index is 0.00365. The van der Waals surface area contributed by atoms with Crippen molar-refractivity contribution in [2.45, 2.75) is 69.6 Å². The van der Waals surface area contributed by atoms with E-state index in [1.54, 1.807) is 95.7 Å². The molecule has 0 amide bonds. The van der Waals surface area contributed by atoms with Gasteiger partial charge < -0.3 is 18.9 Å². The van der Waals surface area contributed by atoms with Crippen LogP contribution in [-0.2, 0) is 38.3 Å². The van der Waals surface area contributed by atoms with Gasteiger partial charge in [0.2, 0.25) is 0 Å². The van der Waals surface area contributed by atoms with E-state index < -0.39 is 60.3 Å². The highest BCUT2D eigenvalue weighted by Gasteiger charge is 2.52. The van der Waals surface area contributed by atoms with E-state index in [0.29, 0.717) is 0 Å². The van der Waals surface area contributed by atoms with Gasteiger partial charge in [0, 0.05) is 6.20 Å². The molecule has 0 unspecified atom stereocenters. The molecule has 14 nitrogen and oxygen atoms in total. The number of benzene rings is 3. The third-order valence-electron chi connectivity index (χ3n) is 9.31. The maximum Gasteiger partial charge on any atom is 0.338 e. The number of rotatable bonds is 10. The highest BCUT2D eigenvalue weighted by molar-refractivity contribution is 5.91. The molecule has 0 bridgehead atoms. The van der Waals surface area contributed by atoms with E-state index in [9.17, 15) is 24.0 Å². The predicted octanol–water partition coefficient (Wildman–Crippen LogP) is 4.04. The van der Waals surface area contributed by atoms with E-state index in [-0.39, 0.29) is 28.8 Å². The number of nitrogens with one attached hydrogen (secondary N) is 1. The molecule has 272 valence electrons. The summed E-state index contributed by atoms with van der Waals surface area (Å²) < 4.78 is 26.7. The summed E-state index contributed by atoms with van der Waals surface area (Å²) in [7, 11) is 0. The molecule has 14 heteroatoms. The molecule has 1 aliphatic heterocycles. The number of aryl methyl sites for hydroxylation is 1. The molecule has 1 saturated heterocycles. The Labute approximate surface area is 303 Å². The Balaban J connectivity index is 1.26. The van der Waals surface area contributed by atoms with Crippen molar-refractivity contribution in [2.24, 2.45) is 0 Å². The lowest BCUT2D eigenvalue weighted by Crippen LogP contribution is -2.43. The van der Waals surface area contributed by atoms with Crippen molar-refractivity contribution in [3.8, 4) is 0 Å². The summed E-state index contributed by atoms with van der Waals surface area (Å²) in [5.74, 6) is -2.22. The lowest BCUT2D eigenvalue weighted by Gasteiger charge is -2.25. The second-order valence-corrected chi connectivity index (χ2v) is 12.9. The highest BCUT2D eigenvalue weighted by Crippen LogP contribution is 2.35. The summed E-state index contributed by atoms with van der Waals surface area (Å²) in [6.45, 7) is -0.434. The van der Waals surface area contributed by atoms with E-state index in [2.05, 4.69) is 15.3 Å². The smallest absolute Gasteiger partial charge is 0.338 e. The van der Waals surface area contributed by atoms with Gasteiger partial charge in [0.1, 0.15) is 12.7 Å². The SMILES string of the molecule is O=C(OC[C@H]1O[C@@H](n2cc(Cn3nnc4c3CCCCCC4)c(=O)[nH]c2=O)[C@H](OC(=O)c2ccccc2)[C@@H]1OC(=O)c1ccccc1)c1ccccc1. The molecule has 2 aliphatic rings. The first-order valence-electron chi connectivity index (χ1n) is 17.5. The average molecular weight is 720 g/mol. The molecular weight excluding hydrogens is 682 g/mol. The number of aromatic amines is 1. The van der Waals surface area contributed by atoms with Gasteiger partial charge in [0.15, 0.2) is 18.4 Å². The molecule has 4 atom stereocenters. The lowest BCUT2D eigenvalue weighted by atomic mass is 10.0. The zero-order valence-electron chi connectivity index (χ0n) is 28.7. The number of hydrogen-bond acceptors (Lipinski definition) is 11. The summed E-state index contributed by atoms with van der Waals surface area (Å²) in [5.41, 5.74) is 1.14. The molecule has 0 spiro atoms. The van der Waals surface area contributed by atoms with Crippen molar-refractivity contribution in [1.29, 1.82) is 0 Å². The number of nitrogens with zero attached hydrogens (tertiary/aromatic N) is 4. The Morgan fingerprint density at radius 1 is 0.736 bits per heavy atom. The van der Waals surface area contributed by atoms with Crippen LogP contribution in [0.4, 0.5) is 0 Å². The van der Waals surface area contributed by atoms with Gasteiger partial charge in [-0.2, -0.15) is 0 Å². The van der Waals surface area contributed by atoms with Crippen molar-refractivity contribution in [2.75, 3.05) is 6.61 Å². The van der Waals surface area contributed by atoms with Gasteiger partial charge in [0.05, 0.1) is 40.2 Å². The largest absolute Gasteiger partial charge is 0.459 e. The Kier molecular flexibility index (Phi) is 10.7. The summed E-state index contributed by atoms with van der Waals surface area (Å²) in [4.78, 5) is 69.2. The lowest BCUT2D eigenvalue weighted by molar-refractivity contribution is -0.0641. The third kappa shape index (κ3) is 8.02. The van der Waals surface area contributed by atoms with Crippen LogP contribution in [0.3, 0.4) is 0 Å². The van der Waals surface area contributed by atoms with Crippen LogP contribution in [0.2, 0.25) is 0 Å². The number of ether oxygens (including phenoxy) is 4. The van der Waals surface area contributed by atoms with Crippen LogP contribution in [0.1, 0.15) is 79.9 Å². The summed E-state index contributed by atoms with van der Waals surface area (Å²) in [5, 5.41) is 8.69. The van der Waals surface area contributed by atoms with Crippen molar-refractivity contribution in [3.05, 3.63) is 152 Å². The van der Waals surface area contributed by atoms with E-state index in [0.717, 1.165) is 54.5 Å². The van der Waals surface area contributed by atoms with Crippen LogP contribution < -0.4 is 11.2 Å². The summed E-state index contributed by atoms with van der Waals surface area (Å²) >= 11 is 0. The minimum atomic E-state index is -1.45. The molecule has 1 N–H and O–H groups in total. The van der Waals surface area contributed by atoms with Crippen LogP contribution in [0, 0.1) is 0 Å². The van der Waals surface area contributed by atoms with E-state index in [1.165, 1.54) is 6.20 Å². The molecule has 5 aromatic rings. The molecule has 1 fully saturated rings. The number of H-pyrrole nitrogens is 1. The molecule has 0 radical (unpaired) electrons. The fourth-order valence-corrected chi connectivity index (χ4v) is 6.57. The zero-order valence-corrected chi connectivity index (χ0v) is 28.7. The fourth-order valence-electron chi connectivity index (χ4n) is 6.57. The first kappa shape index (κ1) is 35.3. The molecule has 3 aromatic carbocycles. The van der Waals surface area contributed by atoms with E-state index >= 15 is 0 Å². The van der Waals surface area contributed by atoms with Crippen LogP contribution in [-0.4, -0.2) is 67.4 Å². The van der Waals surface area contributed by atoms with Crippen molar-refractivity contribution in [1.82, 2.24) is 24.5 Å². The van der Waals surface area contributed by atoms with Crippen molar-refractivity contribution < 1.29 is 33.3 Å². The molecule has 7 rings (SSSR count). The Morgan fingerprint density at radius 3 is 1.92 bits per heavy atom. The van der Waals surface area contributed by atoms with Gasteiger partial charge in [-0.3, -0.25) is 14.3 Å². The van der Waals surface area contributed by atoms with Gasteiger partial charge in [-0.15, -0.1) is 5.10 Å². The standard InChI is InChI=1S/C39H37N5O9/c45-34-28(23-44-30-21-13-2-1-12-20-29(30)41-42-44)22-43(39(49)40-34)35-33(53-38(48)27-18-10-5-11-19-27)32(52-37(47)26-16-8-4-9-17-26)31(51-35)24-50-36(46)25-14-6-3-7-15-25/h3-11,14-19,22,31-33,35H,1-2,12-13,20-21,23-24H2,(H,40,45,49)/t31-,32-,33-,35-/m1/s1. The van der Waals surface area contributed by atoms with Gasteiger partial charge in [-0.25, -0.2) is 23.9 Å². The first-order valence-corrected chi connectivity index (χ1v) is 17.5. The fraction of sp³-hybridized carbons (Fsp3) is 0.308. The van der Waals surface area contributed by atoms with Crippen LogP contribution in [0.5, 0.6) is 0 Å². The Hall–Kier alpha value is -6.15. The number of carbonyl (C=O) groups excluding carboxylic acids is 3. The highest BCUT2D eigenvalue weighted by atomic mass is 16.7. The van der Waals surface area contributed by atoms with Crippen LogP contribution in [0.25, 0.3) is 0 Å². The maximum atomic E-state index is 13.6. The maximum absolute atomic E-state index is 13.6. The minimum Gasteiger partial charge on any atom is -0.459 e. The van der Waals surface area contributed by atoms with Crippen molar-refractivity contribution >= 4 is 17.9 Å². The van der Waals surface area contributed by atoms with Crippen LogP contribution in [0.15, 0.2) is 107 Å². The second kappa shape index (κ2) is 16.0. The number of hydrogen-bond donors (Lipinski definition) is 1. The zero-order chi connectivity index (χ0) is 36.7. The Bertz CT molecular complexity index is 2180. The van der Waals surface area contributed by atoms with Gasteiger partial charge in [0.25, 0.3) is 5.56 Å². The van der Waals surface area contributed by atoms with Gasteiger partial charge >= 0.3 is 23.6 Å². The van der Waals surface area contributed by atoms with Gasteiger partial charge in [-0.1, -0.05) is 72.7 Å². The Morgan fingerprint density at radius 2 is 1.30 bits per heavy atom. The number of fused-ring (bicyclic) bond motifs is 1. The topological polar surface area (TPSA) is 174 Å². The second-order valence-electron chi connectivity index (χ2n) is 12.9. The number of carbonyl (C=O) groups is 3. The number of aromatic nitrogens is 5. The van der Waals surface area contributed by atoms with Crippen molar-refractivity contribution in [3.63, 3.8) is 0 Å². The van der Waals surface area contributed by atoms with E-state index in [1.807, 2.05) is 0 Å². The molecule has 3 heterocycles. The molecule has 53 heavy (non-hydrogen) atoms. The summed E-state index contributed by atoms with van der Waals surface area (Å²) in [6.07, 6.45) is 1.54. The number of esters is 3. The molecule has 2 aromatic heterocycles. The first-order chi connectivity index (χ1) is 25.9. The van der Waals surface area contributed by atoms with E-state index in [4.69, 9.17) is 18.9 Å². The molecule has 1 aliphatic carbocycles. The third-order valence-corrected chi connectivity index (χ3v) is 9.31. The average Bonchev–Trinajstić information content (AvgIpc) is 3.70. The normalized spacial score (nSPS) is 19.7. The predicted molar refractivity (Wildman–Crippen MR) is 188 cm³/mol. The van der Waals surface area contributed by atoms with Gasteiger partial charge in [-0.05, 0) is 62.1 Å². The molecule has 0 saturated carbocycles. The quantitative estimate of drug-likeness (QED) is 0.163.